The third kappa shape index (κ3) is 4.68. The maximum absolute atomic E-state index is 12.4. The molecular formula is C21H34N2O3. The second-order valence-corrected chi connectivity index (χ2v) is 8.32. The maximum Gasteiger partial charge on any atom is 0.223 e. The number of carbonyl (C=O) groups excluding carboxylic acids is 1. The smallest absolute Gasteiger partial charge is 0.223 e. The van der Waals surface area contributed by atoms with E-state index in [1.807, 2.05) is 13.0 Å². The molecule has 1 spiro atoms. The van der Waals surface area contributed by atoms with Gasteiger partial charge in [0.05, 0.1) is 0 Å². The van der Waals surface area contributed by atoms with Crippen LogP contribution in [0.1, 0.15) is 56.5 Å². The van der Waals surface area contributed by atoms with Crippen molar-refractivity contribution in [3.8, 4) is 0 Å². The molecule has 1 atom stereocenters. The number of rotatable bonds is 8. The highest BCUT2D eigenvalue weighted by molar-refractivity contribution is 5.79. The molecule has 26 heavy (non-hydrogen) atoms. The molecule has 0 N–H and O–H groups in total. The van der Waals surface area contributed by atoms with Crippen molar-refractivity contribution in [2.75, 3.05) is 46.4 Å². The number of carbonyl (C=O) groups is 1. The molecule has 2 aliphatic heterocycles. The van der Waals surface area contributed by atoms with E-state index < -0.39 is 0 Å². The van der Waals surface area contributed by atoms with Gasteiger partial charge in [0.25, 0.3) is 0 Å². The lowest BCUT2D eigenvalue weighted by molar-refractivity contribution is -0.128. The van der Waals surface area contributed by atoms with Gasteiger partial charge in [-0.3, -0.25) is 4.79 Å². The van der Waals surface area contributed by atoms with E-state index in [-0.39, 0.29) is 5.41 Å². The van der Waals surface area contributed by atoms with E-state index in [1.54, 1.807) is 7.11 Å². The van der Waals surface area contributed by atoms with Gasteiger partial charge in [0, 0.05) is 39.1 Å². The molecule has 0 radical (unpaired) electrons. The minimum atomic E-state index is 0.227. The summed E-state index contributed by atoms with van der Waals surface area (Å²) in [5, 5.41) is 0. The summed E-state index contributed by atoms with van der Waals surface area (Å²) in [7, 11) is 1.72. The highest BCUT2D eigenvalue weighted by atomic mass is 16.5. The molecule has 2 fully saturated rings. The van der Waals surface area contributed by atoms with Crippen molar-refractivity contribution in [1.82, 2.24) is 9.80 Å². The Bertz CT molecular complexity index is 590. The molecule has 1 aromatic heterocycles. The summed E-state index contributed by atoms with van der Waals surface area (Å²) in [6.07, 6.45) is 5.11. The molecule has 0 unspecified atom stereocenters. The first-order chi connectivity index (χ1) is 12.5. The minimum absolute atomic E-state index is 0.227. The normalized spacial score (nSPS) is 21.7. The number of hydrogen-bond donors (Lipinski definition) is 0. The Morgan fingerprint density at radius 1 is 1.27 bits per heavy atom. The number of likely N-dealkylation sites (tertiary alicyclic amines) is 2. The van der Waals surface area contributed by atoms with Crippen molar-refractivity contribution < 1.29 is 13.9 Å². The monoisotopic (exact) mass is 362 g/mol. The lowest BCUT2D eigenvalue weighted by atomic mass is 9.77. The fourth-order valence-electron chi connectivity index (χ4n) is 4.41. The molecule has 146 valence electrons. The van der Waals surface area contributed by atoms with Gasteiger partial charge >= 0.3 is 0 Å². The van der Waals surface area contributed by atoms with Crippen molar-refractivity contribution in [1.29, 1.82) is 0 Å². The summed E-state index contributed by atoms with van der Waals surface area (Å²) in [6, 6.07) is 4.15. The predicted octanol–water partition coefficient (Wildman–Crippen LogP) is 3.43. The van der Waals surface area contributed by atoms with Gasteiger partial charge in [-0.25, -0.2) is 0 Å². The molecule has 0 saturated carbocycles. The van der Waals surface area contributed by atoms with E-state index in [4.69, 9.17) is 9.15 Å². The van der Waals surface area contributed by atoms with Gasteiger partial charge in [-0.1, -0.05) is 6.92 Å². The second kappa shape index (κ2) is 8.57. The maximum atomic E-state index is 12.4. The van der Waals surface area contributed by atoms with E-state index in [9.17, 15) is 4.79 Å². The first kappa shape index (κ1) is 19.4. The van der Waals surface area contributed by atoms with Crippen LogP contribution < -0.4 is 0 Å². The lowest BCUT2D eigenvalue weighted by Gasteiger charge is -2.39. The van der Waals surface area contributed by atoms with Gasteiger partial charge < -0.3 is 19.0 Å². The largest absolute Gasteiger partial charge is 0.466 e. The summed E-state index contributed by atoms with van der Waals surface area (Å²) in [4.78, 5) is 17.0. The lowest BCUT2D eigenvalue weighted by Crippen LogP contribution is -2.42. The number of nitrogens with zero attached hydrogens (tertiary/aromatic N) is 2. The minimum Gasteiger partial charge on any atom is -0.466 e. The van der Waals surface area contributed by atoms with E-state index in [0.29, 0.717) is 11.8 Å². The molecular weight excluding hydrogens is 328 g/mol. The molecule has 3 heterocycles. The zero-order chi connectivity index (χ0) is 18.6. The summed E-state index contributed by atoms with van der Waals surface area (Å²) in [5.74, 6) is 2.90. The Morgan fingerprint density at radius 2 is 2.04 bits per heavy atom. The molecule has 5 nitrogen and oxygen atoms in total. The van der Waals surface area contributed by atoms with Gasteiger partial charge in [0.15, 0.2) is 0 Å². The van der Waals surface area contributed by atoms with Crippen LogP contribution in [0.15, 0.2) is 16.5 Å². The SMILES string of the molecule is COCCCN1CC2(CCN(CC[C@@H](C)c3ccc(C)o3)CC2)CC1=O. The fourth-order valence-corrected chi connectivity index (χ4v) is 4.41. The van der Waals surface area contributed by atoms with Crippen LogP contribution in [0, 0.1) is 12.3 Å². The molecule has 1 aromatic rings. The molecule has 0 bridgehead atoms. The third-order valence-corrected chi connectivity index (χ3v) is 6.22. The fraction of sp³-hybridized carbons (Fsp3) is 0.762. The topological polar surface area (TPSA) is 45.9 Å². The zero-order valence-corrected chi connectivity index (χ0v) is 16.6. The molecule has 2 saturated heterocycles. The van der Waals surface area contributed by atoms with Gasteiger partial charge in [0.1, 0.15) is 11.5 Å². The molecule has 5 heteroatoms. The number of amides is 1. The summed E-state index contributed by atoms with van der Waals surface area (Å²) < 4.78 is 10.9. The van der Waals surface area contributed by atoms with Crippen molar-refractivity contribution in [3.05, 3.63) is 23.7 Å². The van der Waals surface area contributed by atoms with Crippen LogP contribution in [-0.4, -0.2) is 62.1 Å². The van der Waals surface area contributed by atoms with Crippen molar-refractivity contribution in [2.24, 2.45) is 5.41 Å². The average Bonchev–Trinajstić information content (AvgIpc) is 3.19. The van der Waals surface area contributed by atoms with E-state index in [1.165, 1.54) is 0 Å². The van der Waals surface area contributed by atoms with Crippen LogP contribution in [0.25, 0.3) is 0 Å². The molecule has 2 aliphatic rings. The Labute approximate surface area is 157 Å². The Hall–Kier alpha value is -1.33. The Kier molecular flexibility index (Phi) is 6.41. The number of hydrogen-bond acceptors (Lipinski definition) is 4. The average molecular weight is 363 g/mol. The van der Waals surface area contributed by atoms with Gasteiger partial charge in [-0.05, 0) is 69.8 Å². The molecule has 0 aromatic carbocycles. The number of aryl methyl sites for hydroxylation is 1. The number of piperidine rings is 1. The number of ether oxygens (including phenoxy) is 1. The van der Waals surface area contributed by atoms with Crippen LogP contribution in [0.4, 0.5) is 0 Å². The van der Waals surface area contributed by atoms with Gasteiger partial charge in [-0.15, -0.1) is 0 Å². The predicted molar refractivity (Wildman–Crippen MR) is 102 cm³/mol. The Morgan fingerprint density at radius 3 is 2.69 bits per heavy atom. The van der Waals surface area contributed by atoms with Crippen molar-refractivity contribution in [3.63, 3.8) is 0 Å². The standard InChI is InChI=1S/C21H34N2O3/c1-17(19-6-5-18(2)26-19)7-11-22-12-8-21(9-13-22)15-20(24)23(16-21)10-4-14-25-3/h5-6,17H,4,7-16H2,1-3H3/t17-/m1/s1. The van der Waals surface area contributed by atoms with Crippen LogP contribution >= 0.6 is 0 Å². The quantitative estimate of drug-likeness (QED) is 0.665. The van der Waals surface area contributed by atoms with Crippen molar-refractivity contribution >= 4 is 5.91 Å². The summed E-state index contributed by atoms with van der Waals surface area (Å²) in [5.41, 5.74) is 0.227. The molecule has 3 rings (SSSR count). The number of furan rings is 1. The first-order valence-electron chi connectivity index (χ1n) is 10.1. The Balaban J connectivity index is 1.42. The van der Waals surface area contributed by atoms with E-state index in [2.05, 4.69) is 22.8 Å². The van der Waals surface area contributed by atoms with E-state index >= 15 is 0 Å². The van der Waals surface area contributed by atoms with Crippen LogP contribution in [0.5, 0.6) is 0 Å². The number of methoxy groups -OCH3 is 1. The molecule has 1 amide bonds. The van der Waals surface area contributed by atoms with E-state index in [0.717, 1.165) is 83.0 Å². The van der Waals surface area contributed by atoms with Crippen LogP contribution in [0.2, 0.25) is 0 Å². The highest BCUT2D eigenvalue weighted by Gasteiger charge is 2.44. The van der Waals surface area contributed by atoms with Gasteiger partial charge in [0.2, 0.25) is 5.91 Å². The van der Waals surface area contributed by atoms with Gasteiger partial charge in [-0.2, -0.15) is 0 Å². The molecule has 0 aliphatic carbocycles. The van der Waals surface area contributed by atoms with Crippen LogP contribution in [-0.2, 0) is 9.53 Å². The summed E-state index contributed by atoms with van der Waals surface area (Å²) >= 11 is 0. The second-order valence-electron chi connectivity index (χ2n) is 8.32. The first-order valence-corrected chi connectivity index (χ1v) is 10.1. The summed E-state index contributed by atoms with van der Waals surface area (Å²) in [6.45, 7) is 10.1. The van der Waals surface area contributed by atoms with Crippen molar-refractivity contribution in [2.45, 2.75) is 51.9 Å². The zero-order valence-electron chi connectivity index (χ0n) is 16.6. The third-order valence-electron chi connectivity index (χ3n) is 6.22. The van der Waals surface area contributed by atoms with Crippen LogP contribution in [0.3, 0.4) is 0 Å². The highest BCUT2D eigenvalue weighted by Crippen LogP contribution is 2.41.